The summed E-state index contributed by atoms with van der Waals surface area (Å²) in [7, 11) is 0. The fraction of sp³-hybridized carbons (Fsp3) is 0.188. The Bertz CT molecular complexity index is 594. The van der Waals surface area contributed by atoms with Gasteiger partial charge >= 0.3 is 0 Å². The van der Waals surface area contributed by atoms with E-state index in [2.05, 4.69) is 27.9 Å². The number of halogens is 1. The largest absolute Gasteiger partial charge is 0.491 e. The maximum Gasteiger partial charge on any atom is 0.255 e. The second-order valence-corrected chi connectivity index (χ2v) is 5.79. The zero-order valence-electron chi connectivity index (χ0n) is 11.4. The van der Waals surface area contributed by atoms with E-state index < -0.39 is 0 Å². The van der Waals surface area contributed by atoms with E-state index in [9.17, 15) is 4.79 Å². The van der Waals surface area contributed by atoms with Crippen molar-refractivity contribution < 1.29 is 9.53 Å². The van der Waals surface area contributed by atoms with Crippen molar-refractivity contribution in [3.63, 3.8) is 0 Å². The summed E-state index contributed by atoms with van der Waals surface area (Å²) < 4.78 is 6.57. The third-order valence-electron chi connectivity index (χ3n) is 2.61. The molecule has 0 aromatic heterocycles. The van der Waals surface area contributed by atoms with Crippen molar-refractivity contribution in [1.82, 2.24) is 0 Å². The SMILES string of the molecule is CC(C)Oc1ccc(C(=O)Nc2ccccc2I)cc1. The molecule has 0 bridgehead atoms. The lowest BCUT2D eigenvalue weighted by molar-refractivity contribution is 0.102. The molecule has 0 saturated carbocycles. The summed E-state index contributed by atoms with van der Waals surface area (Å²) in [5, 5.41) is 2.90. The maximum absolute atomic E-state index is 12.1. The van der Waals surface area contributed by atoms with E-state index in [1.807, 2.05) is 50.2 Å². The van der Waals surface area contributed by atoms with Crippen molar-refractivity contribution in [2.75, 3.05) is 5.32 Å². The smallest absolute Gasteiger partial charge is 0.255 e. The Morgan fingerprint density at radius 3 is 2.35 bits per heavy atom. The molecule has 0 fully saturated rings. The fourth-order valence-corrected chi connectivity index (χ4v) is 2.24. The fourth-order valence-electron chi connectivity index (χ4n) is 1.71. The van der Waals surface area contributed by atoms with Crippen LogP contribution in [0.1, 0.15) is 24.2 Å². The van der Waals surface area contributed by atoms with Gasteiger partial charge in [-0.1, -0.05) is 12.1 Å². The molecule has 3 nitrogen and oxygen atoms in total. The lowest BCUT2D eigenvalue weighted by Crippen LogP contribution is -2.13. The van der Waals surface area contributed by atoms with Crippen molar-refractivity contribution in [3.8, 4) is 5.75 Å². The predicted octanol–water partition coefficient (Wildman–Crippen LogP) is 4.33. The van der Waals surface area contributed by atoms with Crippen molar-refractivity contribution >= 4 is 34.2 Å². The highest BCUT2D eigenvalue weighted by Gasteiger charge is 2.08. The Kier molecular flexibility index (Phi) is 5.00. The number of hydrogen-bond donors (Lipinski definition) is 1. The molecule has 0 atom stereocenters. The maximum atomic E-state index is 12.1. The first-order valence-electron chi connectivity index (χ1n) is 6.39. The summed E-state index contributed by atoms with van der Waals surface area (Å²) in [6.07, 6.45) is 0.126. The summed E-state index contributed by atoms with van der Waals surface area (Å²) in [6, 6.07) is 14.8. The molecule has 0 aliphatic carbocycles. The van der Waals surface area contributed by atoms with E-state index in [4.69, 9.17) is 4.74 Å². The summed E-state index contributed by atoms with van der Waals surface area (Å²) in [4.78, 5) is 12.1. The van der Waals surface area contributed by atoms with Crippen LogP contribution in [0.25, 0.3) is 0 Å². The molecule has 0 saturated heterocycles. The average Bonchev–Trinajstić information content (AvgIpc) is 2.41. The van der Waals surface area contributed by atoms with E-state index in [0.29, 0.717) is 5.56 Å². The lowest BCUT2D eigenvalue weighted by Gasteiger charge is -2.10. The Hall–Kier alpha value is -1.56. The van der Waals surface area contributed by atoms with Gasteiger partial charge in [-0.25, -0.2) is 0 Å². The van der Waals surface area contributed by atoms with Gasteiger partial charge in [-0.2, -0.15) is 0 Å². The van der Waals surface area contributed by atoms with Crippen molar-refractivity contribution in [3.05, 3.63) is 57.7 Å². The minimum absolute atomic E-state index is 0.120. The van der Waals surface area contributed by atoms with Crippen LogP contribution in [0.4, 0.5) is 5.69 Å². The van der Waals surface area contributed by atoms with Crippen LogP contribution < -0.4 is 10.1 Å². The molecular formula is C16H16INO2. The molecule has 2 rings (SSSR count). The van der Waals surface area contributed by atoms with Crippen LogP contribution in [-0.2, 0) is 0 Å². The first-order valence-corrected chi connectivity index (χ1v) is 7.47. The average molecular weight is 381 g/mol. The summed E-state index contributed by atoms with van der Waals surface area (Å²) >= 11 is 2.20. The van der Waals surface area contributed by atoms with Crippen LogP contribution in [-0.4, -0.2) is 12.0 Å². The molecule has 4 heteroatoms. The number of nitrogens with one attached hydrogen (secondary N) is 1. The summed E-state index contributed by atoms with van der Waals surface area (Å²) in [5.74, 6) is 0.649. The van der Waals surface area contributed by atoms with Gasteiger partial charge in [-0.05, 0) is 72.8 Å². The standard InChI is InChI=1S/C16H16INO2/c1-11(2)20-13-9-7-12(8-10-13)16(19)18-15-6-4-3-5-14(15)17/h3-11H,1-2H3,(H,18,19). The van der Waals surface area contributed by atoms with Gasteiger partial charge in [0, 0.05) is 9.13 Å². The molecule has 0 unspecified atom stereocenters. The van der Waals surface area contributed by atoms with Crippen molar-refractivity contribution in [1.29, 1.82) is 0 Å². The molecule has 104 valence electrons. The van der Waals surface area contributed by atoms with Gasteiger partial charge in [0.15, 0.2) is 0 Å². The number of carbonyl (C=O) groups is 1. The number of hydrogen-bond acceptors (Lipinski definition) is 2. The summed E-state index contributed by atoms with van der Waals surface area (Å²) in [6.45, 7) is 3.94. The van der Waals surface area contributed by atoms with E-state index in [1.54, 1.807) is 12.1 Å². The number of para-hydroxylation sites is 1. The van der Waals surface area contributed by atoms with Crippen LogP contribution in [0.3, 0.4) is 0 Å². The zero-order chi connectivity index (χ0) is 14.5. The van der Waals surface area contributed by atoms with Crippen LogP contribution >= 0.6 is 22.6 Å². The van der Waals surface area contributed by atoms with Gasteiger partial charge < -0.3 is 10.1 Å². The number of amides is 1. The Balaban J connectivity index is 2.08. The third kappa shape index (κ3) is 3.96. The van der Waals surface area contributed by atoms with Crippen LogP contribution in [0.2, 0.25) is 0 Å². The highest BCUT2D eigenvalue weighted by Crippen LogP contribution is 2.19. The molecule has 1 N–H and O–H groups in total. The second-order valence-electron chi connectivity index (χ2n) is 4.62. The highest BCUT2D eigenvalue weighted by atomic mass is 127. The molecule has 0 aliphatic heterocycles. The molecule has 0 radical (unpaired) electrons. The molecule has 1 amide bonds. The first kappa shape index (κ1) is 14.8. The number of benzene rings is 2. The Morgan fingerprint density at radius 2 is 1.75 bits per heavy atom. The monoisotopic (exact) mass is 381 g/mol. The van der Waals surface area contributed by atoms with Crippen LogP contribution in [0.5, 0.6) is 5.75 Å². The van der Waals surface area contributed by atoms with E-state index in [0.717, 1.165) is 15.0 Å². The minimum atomic E-state index is -0.120. The number of ether oxygens (including phenoxy) is 1. The molecule has 0 aliphatic rings. The zero-order valence-corrected chi connectivity index (χ0v) is 13.5. The van der Waals surface area contributed by atoms with Gasteiger partial charge in [0.2, 0.25) is 0 Å². The van der Waals surface area contributed by atoms with Gasteiger partial charge in [0.25, 0.3) is 5.91 Å². The topological polar surface area (TPSA) is 38.3 Å². The normalized spacial score (nSPS) is 10.4. The van der Waals surface area contributed by atoms with Gasteiger partial charge in [0.1, 0.15) is 5.75 Å². The Morgan fingerprint density at radius 1 is 1.10 bits per heavy atom. The Labute approximate surface area is 132 Å². The highest BCUT2D eigenvalue weighted by molar-refractivity contribution is 14.1. The van der Waals surface area contributed by atoms with Crippen LogP contribution in [0.15, 0.2) is 48.5 Å². The predicted molar refractivity (Wildman–Crippen MR) is 89.3 cm³/mol. The van der Waals surface area contributed by atoms with E-state index in [1.165, 1.54) is 0 Å². The molecule has 0 heterocycles. The van der Waals surface area contributed by atoms with Crippen molar-refractivity contribution in [2.24, 2.45) is 0 Å². The quantitative estimate of drug-likeness (QED) is 0.801. The minimum Gasteiger partial charge on any atom is -0.491 e. The molecule has 2 aromatic carbocycles. The number of rotatable bonds is 4. The van der Waals surface area contributed by atoms with Gasteiger partial charge in [-0.15, -0.1) is 0 Å². The molecule has 2 aromatic rings. The van der Waals surface area contributed by atoms with E-state index >= 15 is 0 Å². The second kappa shape index (κ2) is 6.74. The van der Waals surface area contributed by atoms with Gasteiger partial charge in [-0.3, -0.25) is 4.79 Å². The molecular weight excluding hydrogens is 365 g/mol. The number of carbonyl (C=O) groups excluding carboxylic acids is 1. The van der Waals surface area contributed by atoms with Gasteiger partial charge in [0.05, 0.1) is 11.8 Å². The molecule has 0 spiro atoms. The van der Waals surface area contributed by atoms with Crippen LogP contribution in [0, 0.1) is 3.57 Å². The third-order valence-corrected chi connectivity index (χ3v) is 3.55. The lowest BCUT2D eigenvalue weighted by atomic mass is 10.2. The summed E-state index contributed by atoms with van der Waals surface area (Å²) in [5.41, 5.74) is 1.43. The first-order chi connectivity index (χ1) is 9.56. The van der Waals surface area contributed by atoms with Crippen molar-refractivity contribution in [2.45, 2.75) is 20.0 Å². The van der Waals surface area contributed by atoms with E-state index in [-0.39, 0.29) is 12.0 Å². The number of anilines is 1. The molecule has 20 heavy (non-hydrogen) atoms.